The van der Waals surface area contributed by atoms with Crippen molar-refractivity contribution < 1.29 is 19.1 Å². The molecule has 2 aliphatic rings. The zero-order chi connectivity index (χ0) is 19.0. The minimum atomic E-state index is -0.383. The van der Waals surface area contributed by atoms with E-state index < -0.39 is 0 Å². The first-order chi connectivity index (χ1) is 13.0. The number of amides is 2. The van der Waals surface area contributed by atoms with Gasteiger partial charge in [-0.1, -0.05) is 6.07 Å². The molecule has 1 fully saturated rings. The standard InChI is InChI=1S/C21H22N2O4/c1-13-7-14(2)9-16(8-13)22-21(25)15-10-20(24)23(12-15)17-3-4-18-19(11-17)27-6-5-26-18/h3-4,7-9,11,15H,5-6,10,12H2,1-2H3,(H,22,25). The van der Waals surface area contributed by atoms with E-state index in [1.807, 2.05) is 32.0 Å². The van der Waals surface area contributed by atoms with E-state index in [0.29, 0.717) is 31.3 Å². The smallest absolute Gasteiger partial charge is 0.229 e. The molecule has 2 aromatic rings. The molecule has 27 heavy (non-hydrogen) atoms. The highest BCUT2D eigenvalue weighted by Gasteiger charge is 2.35. The molecule has 2 heterocycles. The first-order valence-electron chi connectivity index (χ1n) is 9.09. The van der Waals surface area contributed by atoms with E-state index >= 15 is 0 Å². The number of rotatable bonds is 3. The number of nitrogens with zero attached hydrogens (tertiary/aromatic N) is 1. The van der Waals surface area contributed by atoms with E-state index in [1.54, 1.807) is 17.0 Å². The van der Waals surface area contributed by atoms with Crippen molar-refractivity contribution in [3.63, 3.8) is 0 Å². The molecule has 1 N–H and O–H groups in total. The highest BCUT2D eigenvalue weighted by Crippen LogP contribution is 2.36. The van der Waals surface area contributed by atoms with Crippen molar-refractivity contribution in [1.82, 2.24) is 0 Å². The van der Waals surface area contributed by atoms with E-state index in [1.165, 1.54) is 0 Å². The molecule has 2 amide bonds. The molecule has 1 unspecified atom stereocenters. The Bertz CT molecular complexity index is 889. The molecule has 2 aromatic carbocycles. The zero-order valence-corrected chi connectivity index (χ0v) is 15.5. The largest absolute Gasteiger partial charge is 0.486 e. The van der Waals surface area contributed by atoms with Gasteiger partial charge in [0, 0.05) is 30.4 Å². The lowest BCUT2D eigenvalue weighted by molar-refractivity contribution is -0.122. The maximum absolute atomic E-state index is 12.7. The molecule has 1 atom stereocenters. The SMILES string of the molecule is Cc1cc(C)cc(NC(=O)C2CC(=O)N(c3ccc4c(c3)OCCO4)C2)c1. The number of hydrogen-bond donors (Lipinski definition) is 1. The second-order valence-corrected chi connectivity index (χ2v) is 7.10. The van der Waals surface area contributed by atoms with Gasteiger partial charge in [-0.05, 0) is 49.2 Å². The minimum absolute atomic E-state index is 0.0627. The van der Waals surface area contributed by atoms with Crippen LogP contribution in [-0.2, 0) is 9.59 Å². The van der Waals surface area contributed by atoms with Crippen LogP contribution in [0.15, 0.2) is 36.4 Å². The molecular formula is C21H22N2O4. The number of hydrogen-bond acceptors (Lipinski definition) is 4. The Balaban J connectivity index is 1.48. The van der Waals surface area contributed by atoms with Gasteiger partial charge in [-0.2, -0.15) is 0 Å². The van der Waals surface area contributed by atoms with Gasteiger partial charge in [0.25, 0.3) is 0 Å². The van der Waals surface area contributed by atoms with E-state index in [4.69, 9.17) is 9.47 Å². The van der Waals surface area contributed by atoms with Gasteiger partial charge in [0.1, 0.15) is 13.2 Å². The zero-order valence-electron chi connectivity index (χ0n) is 15.5. The van der Waals surface area contributed by atoms with Gasteiger partial charge in [-0.25, -0.2) is 0 Å². The number of nitrogens with one attached hydrogen (secondary N) is 1. The van der Waals surface area contributed by atoms with Crippen LogP contribution >= 0.6 is 0 Å². The van der Waals surface area contributed by atoms with Gasteiger partial charge in [0.2, 0.25) is 11.8 Å². The monoisotopic (exact) mass is 366 g/mol. The average molecular weight is 366 g/mol. The van der Waals surface area contributed by atoms with Crippen molar-refractivity contribution in [3.8, 4) is 11.5 Å². The molecule has 4 rings (SSSR count). The van der Waals surface area contributed by atoms with Crippen LogP contribution in [0.1, 0.15) is 17.5 Å². The Kier molecular flexibility index (Phi) is 4.48. The summed E-state index contributed by atoms with van der Waals surface area (Å²) in [6, 6.07) is 11.4. The summed E-state index contributed by atoms with van der Waals surface area (Å²) in [5, 5.41) is 2.95. The molecule has 0 radical (unpaired) electrons. The van der Waals surface area contributed by atoms with Crippen molar-refractivity contribution in [1.29, 1.82) is 0 Å². The highest BCUT2D eigenvalue weighted by atomic mass is 16.6. The Morgan fingerprint density at radius 1 is 1.04 bits per heavy atom. The number of aryl methyl sites for hydroxylation is 2. The maximum atomic E-state index is 12.7. The molecule has 0 aliphatic carbocycles. The lowest BCUT2D eigenvalue weighted by atomic mass is 10.1. The number of fused-ring (bicyclic) bond motifs is 1. The molecule has 2 aliphatic heterocycles. The second-order valence-electron chi connectivity index (χ2n) is 7.10. The lowest BCUT2D eigenvalue weighted by Gasteiger charge is -2.22. The number of ether oxygens (including phenoxy) is 2. The molecule has 1 saturated heterocycles. The minimum Gasteiger partial charge on any atom is -0.486 e. The van der Waals surface area contributed by atoms with Gasteiger partial charge in [0.05, 0.1) is 5.92 Å². The number of benzene rings is 2. The highest BCUT2D eigenvalue weighted by molar-refractivity contribution is 6.03. The van der Waals surface area contributed by atoms with Crippen LogP contribution in [0, 0.1) is 19.8 Å². The van der Waals surface area contributed by atoms with Crippen LogP contribution in [0.3, 0.4) is 0 Å². The van der Waals surface area contributed by atoms with Gasteiger partial charge >= 0.3 is 0 Å². The van der Waals surface area contributed by atoms with E-state index in [2.05, 4.69) is 11.4 Å². The Morgan fingerprint density at radius 2 is 1.74 bits per heavy atom. The van der Waals surface area contributed by atoms with Gasteiger partial charge in [-0.3, -0.25) is 9.59 Å². The summed E-state index contributed by atoms with van der Waals surface area (Å²) >= 11 is 0. The van der Waals surface area contributed by atoms with Gasteiger partial charge in [0.15, 0.2) is 11.5 Å². The van der Waals surface area contributed by atoms with Crippen molar-refractivity contribution in [2.75, 3.05) is 30.0 Å². The maximum Gasteiger partial charge on any atom is 0.229 e. The van der Waals surface area contributed by atoms with Crippen LogP contribution in [0.2, 0.25) is 0 Å². The molecule has 0 aromatic heterocycles. The van der Waals surface area contributed by atoms with Crippen molar-refractivity contribution in [3.05, 3.63) is 47.5 Å². The fourth-order valence-electron chi connectivity index (χ4n) is 3.62. The molecule has 0 saturated carbocycles. The van der Waals surface area contributed by atoms with Crippen LogP contribution in [0.25, 0.3) is 0 Å². The molecule has 6 heteroatoms. The summed E-state index contributed by atoms with van der Waals surface area (Å²) in [5.41, 5.74) is 3.67. The van der Waals surface area contributed by atoms with E-state index in [9.17, 15) is 9.59 Å². The first-order valence-corrected chi connectivity index (χ1v) is 9.09. The summed E-state index contributed by atoms with van der Waals surface area (Å²) in [4.78, 5) is 26.8. The average Bonchev–Trinajstić information content (AvgIpc) is 3.02. The number of carbonyl (C=O) groups is 2. The van der Waals surface area contributed by atoms with Crippen LogP contribution < -0.4 is 19.7 Å². The third-order valence-electron chi connectivity index (χ3n) is 4.82. The molecular weight excluding hydrogens is 344 g/mol. The Labute approximate surface area is 158 Å². The predicted molar refractivity (Wildman–Crippen MR) is 102 cm³/mol. The fourth-order valence-corrected chi connectivity index (χ4v) is 3.62. The van der Waals surface area contributed by atoms with Crippen LogP contribution in [0.5, 0.6) is 11.5 Å². The fraction of sp³-hybridized carbons (Fsp3) is 0.333. The van der Waals surface area contributed by atoms with Gasteiger partial charge < -0.3 is 19.7 Å². The summed E-state index contributed by atoms with van der Waals surface area (Å²) in [6.45, 7) is 5.35. The quantitative estimate of drug-likeness (QED) is 0.907. The van der Waals surface area contributed by atoms with Crippen LogP contribution in [-0.4, -0.2) is 31.6 Å². The third kappa shape index (κ3) is 3.60. The second kappa shape index (κ2) is 6.95. The van der Waals surface area contributed by atoms with Gasteiger partial charge in [-0.15, -0.1) is 0 Å². The third-order valence-corrected chi connectivity index (χ3v) is 4.82. The number of anilines is 2. The Morgan fingerprint density at radius 3 is 2.48 bits per heavy atom. The molecule has 0 bridgehead atoms. The molecule has 0 spiro atoms. The summed E-state index contributed by atoms with van der Waals surface area (Å²) in [5.74, 6) is 0.739. The normalized spacial score (nSPS) is 18.5. The first kappa shape index (κ1) is 17.4. The summed E-state index contributed by atoms with van der Waals surface area (Å²) in [7, 11) is 0. The Hall–Kier alpha value is -3.02. The summed E-state index contributed by atoms with van der Waals surface area (Å²) in [6.07, 6.45) is 0.199. The van der Waals surface area contributed by atoms with Crippen molar-refractivity contribution in [2.24, 2.45) is 5.92 Å². The molecule has 140 valence electrons. The lowest BCUT2D eigenvalue weighted by Crippen LogP contribution is -2.28. The predicted octanol–water partition coefficient (Wildman–Crippen LogP) is 3.07. The summed E-state index contributed by atoms with van der Waals surface area (Å²) < 4.78 is 11.1. The van der Waals surface area contributed by atoms with Crippen molar-refractivity contribution >= 4 is 23.2 Å². The topological polar surface area (TPSA) is 67.9 Å². The van der Waals surface area contributed by atoms with Crippen LogP contribution in [0.4, 0.5) is 11.4 Å². The van der Waals surface area contributed by atoms with E-state index in [0.717, 1.165) is 22.5 Å². The van der Waals surface area contributed by atoms with E-state index in [-0.39, 0.29) is 24.2 Å². The van der Waals surface area contributed by atoms with Crippen molar-refractivity contribution in [2.45, 2.75) is 20.3 Å². The number of carbonyl (C=O) groups excluding carboxylic acids is 2. The molecule has 6 nitrogen and oxygen atoms in total.